The standard InChI is InChI=1S/C22H16F4N2O4S/c1-11-17(33-21(27-11)12-5-6-13(14(23)9-12)22(24,25)26)10-31-15-3-2-4-16-20(15)28-18(32-16)7-8-19(29)30/h2-6,9H,7-8,10H2,1H3,(H,29,30). The summed E-state index contributed by atoms with van der Waals surface area (Å²) >= 11 is 1.18. The second-order valence-corrected chi connectivity index (χ2v) is 8.20. The van der Waals surface area contributed by atoms with Crippen molar-refractivity contribution in [3.8, 4) is 16.3 Å². The van der Waals surface area contributed by atoms with Crippen LogP contribution in [0.1, 0.15) is 28.4 Å². The number of carbonyl (C=O) groups is 1. The highest BCUT2D eigenvalue weighted by Gasteiger charge is 2.34. The van der Waals surface area contributed by atoms with Crippen LogP contribution in [-0.2, 0) is 24.0 Å². The minimum absolute atomic E-state index is 0.100. The third kappa shape index (κ3) is 4.98. The minimum atomic E-state index is -4.77. The number of oxazole rings is 1. The SMILES string of the molecule is Cc1nc(-c2ccc(C(F)(F)F)c(F)c2)sc1COc1cccc2oc(CCC(=O)O)nc12. The molecule has 0 radical (unpaired) electrons. The van der Waals surface area contributed by atoms with Crippen molar-refractivity contribution in [2.45, 2.75) is 32.5 Å². The van der Waals surface area contributed by atoms with Gasteiger partial charge in [-0.1, -0.05) is 12.1 Å². The lowest BCUT2D eigenvalue weighted by Crippen LogP contribution is -2.07. The maximum Gasteiger partial charge on any atom is 0.419 e. The number of fused-ring (bicyclic) bond motifs is 1. The quantitative estimate of drug-likeness (QED) is 0.326. The normalized spacial score (nSPS) is 11.8. The Morgan fingerprint density at radius 1 is 1.21 bits per heavy atom. The average molecular weight is 480 g/mol. The average Bonchev–Trinajstić information content (AvgIpc) is 3.33. The number of aliphatic carboxylic acids is 1. The number of carboxylic acid groups (broad SMARTS) is 1. The van der Waals surface area contributed by atoms with E-state index >= 15 is 0 Å². The third-order valence-corrected chi connectivity index (χ3v) is 5.93. The first-order chi connectivity index (χ1) is 15.6. The lowest BCUT2D eigenvalue weighted by Gasteiger charge is -2.08. The number of aromatic nitrogens is 2. The Kier molecular flexibility index (Phi) is 6.07. The fraction of sp³-hybridized carbons (Fsp3) is 0.227. The van der Waals surface area contributed by atoms with Crippen LogP contribution in [-0.4, -0.2) is 21.0 Å². The van der Waals surface area contributed by atoms with Gasteiger partial charge in [-0.3, -0.25) is 4.79 Å². The minimum Gasteiger partial charge on any atom is -0.486 e. The van der Waals surface area contributed by atoms with E-state index in [9.17, 15) is 22.4 Å². The number of aryl methyl sites for hydroxylation is 2. The van der Waals surface area contributed by atoms with E-state index in [-0.39, 0.29) is 30.9 Å². The van der Waals surface area contributed by atoms with Gasteiger partial charge in [0.1, 0.15) is 23.2 Å². The lowest BCUT2D eigenvalue weighted by molar-refractivity contribution is -0.140. The Labute approximate surface area is 188 Å². The molecule has 6 nitrogen and oxygen atoms in total. The zero-order valence-electron chi connectivity index (χ0n) is 17.1. The zero-order valence-corrected chi connectivity index (χ0v) is 17.9. The molecule has 2 aromatic heterocycles. The van der Waals surface area contributed by atoms with Gasteiger partial charge >= 0.3 is 12.1 Å². The second kappa shape index (κ2) is 8.81. The second-order valence-electron chi connectivity index (χ2n) is 7.11. The van der Waals surface area contributed by atoms with Crippen LogP contribution in [0.25, 0.3) is 21.7 Å². The fourth-order valence-electron chi connectivity index (χ4n) is 3.11. The summed E-state index contributed by atoms with van der Waals surface area (Å²) in [6, 6.07) is 7.79. The van der Waals surface area contributed by atoms with E-state index in [0.717, 1.165) is 6.07 Å². The number of alkyl halides is 3. The summed E-state index contributed by atoms with van der Waals surface area (Å²) in [5, 5.41) is 9.19. The molecule has 0 spiro atoms. The first-order valence-electron chi connectivity index (χ1n) is 9.68. The molecule has 0 fully saturated rings. The summed E-state index contributed by atoms with van der Waals surface area (Å²) in [4.78, 5) is 20.1. The molecule has 172 valence electrons. The van der Waals surface area contributed by atoms with E-state index in [2.05, 4.69) is 9.97 Å². The van der Waals surface area contributed by atoms with E-state index in [1.807, 2.05) is 0 Å². The zero-order chi connectivity index (χ0) is 23.8. The van der Waals surface area contributed by atoms with Crippen LogP contribution in [0.2, 0.25) is 0 Å². The summed E-state index contributed by atoms with van der Waals surface area (Å²) in [7, 11) is 0. The Morgan fingerprint density at radius 2 is 2.00 bits per heavy atom. The third-order valence-electron chi connectivity index (χ3n) is 4.75. The predicted molar refractivity (Wildman–Crippen MR) is 112 cm³/mol. The molecule has 0 aliphatic carbocycles. The molecule has 2 heterocycles. The van der Waals surface area contributed by atoms with Gasteiger partial charge in [0.2, 0.25) is 0 Å². The summed E-state index contributed by atoms with van der Waals surface area (Å²) in [5.41, 5.74) is 0.415. The monoisotopic (exact) mass is 480 g/mol. The van der Waals surface area contributed by atoms with E-state index in [0.29, 0.717) is 38.5 Å². The van der Waals surface area contributed by atoms with Crippen molar-refractivity contribution in [1.29, 1.82) is 0 Å². The van der Waals surface area contributed by atoms with Crippen molar-refractivity contribution in [3.05, 3.63) is 64.2 Å². The van der Waals surface area contributed by atoms with Gasteiger partial charge in [-0.2, -0.15) is 13.2 Å². The van der Waals surface area contributed by atoms with Crippen molar-refractivity contribution >= 4 is 28.4 Å². The van der Waals surface area contributed by atoms with Gasteiger partial charge in [-0.15, -0.1) is 11.3 Å². The van der Waals surface area contributed by atoms with Gasteiger partial charge in [0.25, 0.3) is 0 Å². The van der Waals surface area contributed by atoms with Crippen molar-refractivity contribution < 1.29 is 36.6 Å². The van der Waals surface area contributed by atoms with Crippen LogP contribution in [0.5, 0.6) is 5.75 Å². The van der Waals surface area contributed by atoms with Gasteiger partial charge < -0.3 is 14.3 Å². The number of benzene rings is 2. The molecule has 0 unspecified atom stereocenters. The summed E-state index contributed by atoms with van der Waals surface area (Å²) in [5.74, 6) is -1.61. The molecule has 0 aliphatic rings. The molecule has 0 atom stereocenters. The van der Waals surface area contributed by atoms with Crippen molar-refractivity contribution in [2.24, 2.45) is 0 Å². The largest absolute Gasteiger partial charge is 0.486 e. The summed E-state index contributed by atoms with van der Waals surface area (Å²) in [6.07, 6.45) is -4.74. The summed E-state index contributed by atoms with van der Waals surface area (Å²) in [6.45, 7) is 1.82. The molecule has 2 aromatic carbocycles. The molecular formula is C22H16F4N2O4S. The van der Waals surface area contributed by atoms with E-state index in [1.54, 1.807) is 25.1 Å². The number of nitrogens with zero attached hydrogens (tertiary/aromatic N) is 2. The molecule has 4 aromatic rings. The van der Waals surface area contributed by atoms with Gasteiger partial charge in [-0.25, -0.2) is 14.4 Å². The highest BCUT2D eigenvalue weighted by atomic mass is 32.1. The maximum absolute atomic E-state index is 13.9. The molecule has 0 saturated carbocycles. The number of halogens is 4. The van der Waals surface area contributed by atoms with Gasteiger partial charge in [0.15, 0.2) is 17.0 Å². The van der Waals surface area contributed by atoms with Crippen LogP contribution in [0.15, 0.2) is 40.8 Å². The fourth-order valence-corrected chi connectivity index (χ4v) is 4.09. The van der Waals surface area contributed by atoms with E-state index in [1.165, 1.54) is 17.4 Å². The number of thiazole rings is 1. The maximum atomic E-state index is 13.9. The van der Waals surface area contributed by atoms with Crippen LogP contribution in [0.3, 0.4) is 0 Å². The molecular weight excluding hydrogens is 464 g/mol. The number of ether oxygens (including phenoxy) is 1. The summed E-state index contributed by atoms with van der Waals surface area (Å²) < 4.78 is 63.8. The lowest BCUT2D eigenvalue weighted by atomic mass is 10.1. The smallest absolute Gasteiger partial charge is 0.419 e. The van der Waals surface area contributed by atoms with Crippen LogP contribution >= 0.6 is 11.3 Å². The van der Waals surface area contributed by atoms with Crippen LogP contribution < -0.4 is 4.74 Å². The molecule has 0 saturated heterocycles. The first-order valence-corrected chi connectivity index (χ1v) is 10.5. The van der Waals surface area contributed by atoms with E-state index < -0.39 is 23.5 Å². The molecule has 33 heavy (non-hydrogen) atoms. The molecule has 11 heteroatoms. The molecule has 4 rings (SSSR count). The van der Waals surface area contributed by atoms with E-state index in [4.69, 9.17) is 14.3 Å². The highest BCUT2D eigenvalue weighted by Crippen LogP contribution is 2.35. The molecule has 0 aliphatic heterocycles. The molecule has 0 amide bonds. The predicted octanol–water partition coefficient (Wildman–Crippen LogP) is 6.01. The van der Waals surface area contributed by atoms with Crippen molar-refractivity contribution in [1.82, 2.24) is 9.97 Å². The van der Waals surface area contributed by atoms with Crippen LogP contribution in [0.4, 0.5) is 17.6 Å². The number of para-hydroxylation sites is 1. The van der Waals surface area contributed by atoms with Gasteiger partial charge in [0, 0.05) is 12.0 Å². The van der Waals surface area contributed by atoms with Crippen molar-refractivity contribution in [3.63, 3.8) is 0 Å². The van der Waals surface area contributed by atoms with Gasteiger partial charge in [-0.05, 0) is 31.2 Å². The molecule has 0 bridgehead atoms. The topological polar surface area (TPSA) is 85.5 Å². The van der Waals surface area contributed by atoms with Crippen molar-refractivity contribution in [2.75, 3.05) is 0 Å². The Balaban J connectivity index is 1.53. The number of hydrogen-bond acceptors (Lipinski definition) is 6. The number of hydrogen-bond donors (Lipinski definition) is 1. The number of carboxylic acids is 1. The Morgan fingerprint density at radius 3 is 2.70 bits per heavy atom. The number of rotatable bonds is 7. The Hall–Kier alpha value is -3.47. The first kappa shape index (κ1) is 22.7. The molecule has 1 N–H and O–H groups in total. The highest BCUT2D eigenvalue weighted by molar-refractivity contribution is 7.15. The van der Waals surface area contributed by atoms with Crippen LogP contribution in [0, 0.1) is 12.7 Å². The Bertz CT molecular complexity index is 1330. The van der Waals surface area contributed by atoms with Gasteiger partial charge in [0.05, 0.1) is 22.6 Å².